The first-order chi connectivity index (χ1) is 10.1. The zero-order valence-electron chi connectivity index (χ0n) is 13.7. The number of hydrogen-bond donors (Lipinski definition) is 1. The van der Waals surface area contributed by atoms with Gasteiger partial charge < -0.3 is 14.5 Å². The molecule has 2 rings (SSSR count). The van der Waals surface area contributed by atoms with Gasteiger partial charge in [-0.3, -0.25) is 9.69 Å². The van der Waals surface area contributed by atoms with Crippen LogP contribution >= 0.6 is 0 Å². The molecule has 0 spiro atoms. The van der Waals surface area contributed by atoms with Gasteiger partial charge in [-0.1, -0.05) is 25.9 Å². The lowest BCUT2D eigenvalue weighted by Gasteiger charge is -2.39. The number of rotatable bonds is 3. The molecule has 2 amide bonds. The number of aliphatic carboxylic acids is 1. The van der Waals surface area contributed by atoms with Gasteiger partial charge in [0.05, 0.1) is 17.7 Å². The van der Waals surface area contributed by atoms with E-state index in [2.05, 4.69) is 5.16 Å². The first-order valence-electron chi connectivity index (χ1n) is 7.37. The van der Waals surface area contributed by atoms with Crippen molar-refractivity contribution in [3.8, 4) is 0 Å². The quantitative estimate of drug-likeness (QED) is 0.926. The summed E-state index contributed by atoms with van der Waals surface area (Å²) < 4.78 is 5.35. The highest BCUT2D eigenvalue weighted by Crippen LogP contribution is 2.31. The molecule has 22 heavy (non-hydrogen) atoms. The van der Waals surface area contributed by atoms with Gasteiger partial charge >= 0.3 is 12.0 Å². The van der Waals surface area contributed by atoms with Crippen molar-refractivity contribution in [2.45, 2.75) is 45.6 Å². The SMILES string of the molecule is CC(C(=O)O)C1CCN(C)C(=O)N1c1cc(C(C)(C)C)no1. The van der Waals surface area contributed by atoms with Gasteiger partial charge in [-0.25, -0.2) is 4.79 Å². The van der Waals surface area contributed by atoms with E-state index in [1.54, 1.807) is 24.9 Å². The van der Waals surface area contributed by atoms with Gasteiger partial charge in [0.2, 0.25) is 5.88 Å². The molecule has 2 heterocycles. The Labute approximate surface area is 129 Å². The molecule has 1 saturated heterocycles. The first-order valence-corrected chi connectivity index (χ1v) is 7.37. The molecule has 1 aromatic rings. The minimum absolute atomic E-state index is 0.208. The molecule has 1 N–H and O–H groups in total. The Hall–Kier alpha value is -2.05. The maximum absolute atomic E-state index is 12.5. The summed E-state index contributed by atoms with van der Waals surface area (Å²) in [6.07, 6.45) is 0.571. The highest BCUT2D eigenvalue weighted by molar-refractivity contribution is 5.93. The van der Waals surface area contributed by atoms with Crippen molar-refractivity contribution >= 4 is 17.9 Å². The second kappa shape index (κ2) is 5.62. The highest BCUT2D eigenvalue weighted by Gasteiger charge is 2.40. The Morgan fingerprint density at radius 1 is 1.50 bits per heavy atom. The largest absolute Gasteiger partial charge is 0.481 e. The van der Waals surface area contributed by atoms with Crippen LogP contribution in [0.4, 0.5) is 10.7 Å². The van der Waals surface area contributed by atoms with Gasteiger partial charge in [0.25, 0.3) is 0 Å². The topological polar surface area (TPSA) is 86.9 Å². The van der Waals surface area contributed by atoms with Crippen LogP contribution in [0.1, 0.15) is 39.8 Å². The van der Waals surface area contributed by atoms with E-state index >= 15 is 0 Å². The summed E-state index contributed by atoms with van der Waals surface area (Å²) in [5.74, 6) is -1.30. The van der Waals surface area contributed by atoms with Gasteiger partial charge in [-0.05, 0) is 13.3 Å². The summed E-state index contributed by atoms with van der Waals surface area (Å²) in [5, 5.41) is 13.3. The first kappa shape index (κ1) is 16.3. The summed E-state index contributed by atoms with van der Waals surface area (Å²) in [5.41, 5.74) is 0.519. The third-order valence-corrected chi connectivity index (χ3v) is 4.09. The van der Waals surface area contributed by atoms with E-state index in [4.69, 9.17) is 4.52 Å². The van der Waals surface area contributed by atoms with Crippen LogP contribution in [-0.4, -0.2) is 46.8 Å². The zero-order valence-corrected chi connectivity index (χ0v) is 13.7. The number of carboxylic acid groups (broad SMARTS) is 1. The number of hydrogen-bond acceptors (Lipinski definition) is 4. The summed E-state index contributed by atoms with van der Waals surface area (Å²) in [4.78, 5) is 26.8. The predicted octanol–water partition coefficient (Wildman–Crippen LogP) is 2.32. The van der Waals surface area contributed by atoms with E-state index in [0.717, 1.165) is 5.69 Å². The molecule has 0 radical (unpaired) electrons. The number of aromatic nitrogens is 1. The molecular formula is C15H23N3O4. The van der Waals surface area contributed by atoms with Crippen LogP contribution in [0.2, 0.25) is 0 Å². The molecule has 1 aromatic heterocycles. The third kappa shape index (κ3) is 2.93. The summed E-state index contributed by atoms with van der Waals surface area (Å²) in [7, 11) is 1.69. The predicted molar refractivity (Wildman–Crippen MR) is 80.9 cm³/mol. The van der Waals surface area contributed by atoms with Crippen molar-refractivity contribution in [1.82, 2.24) is 10.1 Å². The van der Waals surface area contributed by atoms with E-state index in [1.807, 2.05) is 20.8 Å². The average molecular weight is 309 g/mol. The summed E-state index contributed by atoms with van der Waals surface area (Å²) in [6.45, 7) is 8.12. The molecule has 122 valence electrons. The number of carboxylic acids is 1. The fourth-order valence-electron chi connectivity index (χ4n) is 2.50. The Morgan fingerprint density at radius 3 is 2.64 bits per heavy atom. The van der Waals surface area contributed by atoms with Crippen LogP contribution in [0.3, 0.4) is 0 Å². The van der Waals surface area contributed by atoms with Crippen molar-refractivity contribution in [2.24, 2.45) is 5.92 Å². The molecular weight excluding hydrogens is 286 g/mol. The van der Waals surface area contributed by atoms with Crippen LogP contribution < -0.4 is 4.90 Å². The second-order valence-electron chi connectivity index (χ2n) is 6.86. The zero-order chi connectivity index (χ0) is 16.7. The highest BCUT2D eigenvalue weighted by atomic mass is 16.5. The van der Waals surface area contributed by atoms with Crippen LogP contribution in [0, 0.1) is 5.92 Å². The Bertz CT molecular complexity index is 576. The van der Waals surface area contributed by atoms with E-state index in [9.17, 15) is 14.7 Å². The van der Waals surface area contributed by atoms with Gasteiger partial charge in [0.1, 0.15) is 0 Å². The van der Waals surface area contributed by atoms with E-state index in [-0.39, 0.29) is 11.4 Å². The monoisotopic (exact) mass is 309 g/mol. The van der Waals surface area contributed by atoms with Gasteiger partial charge in [-0.2, -0.15) is 0 Å². The summed E-state index contributed by atoms with van der Waals surface area (Å²) in [6, 6.07) is 1.02. The lowest BCUT2D eigenvalue weighted by molar-refractivity contribution is -0.141. The van der Waals surface area contributed by atoms with Crippen LogP contribution in [0.25, 0.3) is 0 Å². The second-order valence-corrected chi connectivity index (χ2v) is 6.86. The van der Waals surface area contributed by atoms with Crippen molar-refractivity contribution in [1.29, 1.82) is 0 Å². The van der Waals surface area contributed by atoms with Gasteiger partial charge in [0, 0.05) is 25.1 Å². The van der Waals surface area contributed by atoms with Crippen molar-refractivity contribution in [2.75, 3.05) is 18.5 Å². The molecule has 1 aliphatic rings. The lowest BCUT2D eigenvalue weighted by Crippen LogP contribution is -2.56. The molecule has 2 atom stereocenters. The number of carbonyl (C=O) groups excluding carboxylic acids is 1. The molecule has 0 bridgehead atoms. The molecule has 2 unspecified atom stereocenters. The number of amides is 2. The standard InChI is InChI=1S/C15H23N3O4/c1-9(13(19)20)10-6-7-17(5)14(21)18(10)12-8-11(16-22-12)15(2,3)4/h8-10H,6-7H2,1-5H3,(H,19,20). The Kier molecular flexibility index (Phi) is 4.17. The Balaban J connectivity index is 2.39. The smallest absolute Gasteiger partial charge is 0.326 e. The van der Waals surface area contributed by atoms with Crippen molar-refractivity contribution in [3.05, 3.63) is 11.8 Å². The maximum Gasteiger partial charge on any atom is 0.326 e. The van der Waals surface area contributed by atoms with E-state index in [1.165, 1.54) is 4.90 Å². The number of carbonyl (C=O) groups is 2. The van der Waals surface area contributed by atoms with Crippen LogP contribution in [0.5, 0.6) is 0 Å². The molecule has 0 aromatic carbocycles. The number of nitrogens with zero attached hydrogens (tertiary/aromatic N) is 3. The number of urea groups is 1. The van der Waals surface area contributed by atoms with E-state index in [0.29, 0.717) is 18.8 Å². The fraction of sp³-hybridized carbons (Fsp3) is 0.667. The number of anilines is 1. The molecule has 0 aliphatic carbocycles. The maximum atomic E-state index is 12.5. The molecule has 1 fully saturated rings. The van der Waals surface area contributed by atoms with Crippen molar-refractivity contribution in [3.63, 3.8) is 0 Å². The molecule has 7 heteroatoms. The van der Waals surface area contributed by atoms with Gasteiger partial charge in [-0.15, -0.1) is 0 Å². The molecule has 0 saturated carbocycles. The van der Waals surface area contributed by atoms with Crippen LogP contribution in [-0.2, 0) is 10.2 Å². The van der Waals surface area contributed by atoms with Gasteiger partial charge in [0.15, 0.2) is 0 Å². The average Bonchev–Trinajstić information content (AvgIpc) is 2.90. The minimum Gasteiger partial charge on any atom is -0.481 e. The minimum atomic E-state index is -0.928. The van der Waals surface area contributed by atoms with Crippen LogP contribution in [0.15, 0.2) is 10.6 Å². The summed E-state index contributed by atoms with van der Waals surface area (Å²) >= 11 is 0. The normalized spacial score (nSPS) is 21.1. The Morgan fingerprint density at radius 2 is 2.14 bits per heavy atom. The molecule has 1 aliphatic heterocycles. The molecule has 7 nitrogen and oxygen atoms in total. The van der Waals surface area contributed by atoms with E-state index < -0.39 is 17.9 Å². The van der Waals surface area contributed by atoms with Crippen molar-refractivity contribution < 1.29 is 19.2 Å². The lowest BCUT2D eigenvalue weighted by atomic mass is 9.92. The fourth-order valence-corrected chi connectivity index (χ4v) is 2.50. The third-order valence-electron chi connectivity index (χ3n) is 4.09.